The summed E-state index contributed by atoms with van der Waals surface area (Å²) in [6, 6.07) is 7.52. The van der Waals surface area contributed by atoms with Gasteiger partial charge < -0.3 is 9.52 Å². The van der Waals surface area contributed by atoms with E-state index in [0.29, 0.717) is 23.3 Å². The molecule has 0 saturated carbocycles. The molecular formula is C16H20ClN3O2. The van der Waals surface area contributed by atoms with Crippen molar-refractivity contribution in [1.29, 1.82) is 0 Å². The Morgan fingerprint density at radius 2 is 2.27 bits per heavy atom. The van der Waals surface area contributed by atoms with E-state index in [4.69, 9.17) is 16.0 Å². The zero-order valence-corrected chi connectivity index (χ0v) is 13.3. The van der Waals surface area contributed by atoms with Crippen LogP contribution in [0.3, 0.4) is 0 Å². The second-order valence-electron chi connectivity index (χ2n) is 5.79. The lowest BCUT2D eigenvalue weighted by atomic mass is 9.98. The monoisotopic (exact) mass is 321 g/mol. The molecule has 0 amide bonds. The third kappa shape index (κ3) is 3.48. The van der Waals surface area contributed by atoms with Gasteiger partial charge in [-0.1, -0.05) is 24.1 Å². The minimum absolute atomic E-state index is 0.162. The molecular weight excluding hydrogens is 302 g/mol. The molecule has 1 aliphatic heterocycles. The average molecular weight is 322 g/mol. The molecule has 118 valence electrons. The zero-order valence-electron chi connectivity index (χ0n) is 12.6. The van der Waals surface area contributed by atoms with Crippen LogP contribution >= 0.6 is 11.6 Å². The van der Waals surface area contributed by atoms with Gasteiger partial charge in [0.15, 0.2) is 0 Å². The second-order valence-corrected chi connectivity index (χ2v) is 6.22. The molecule has 1 saturated heterocycles. The zero-order chi connectivity index (χ0) is 15.5. The molecule has 1 aromatic heterocycles. The Labute approximate surface area is 134 Å². The van der Waals surface area contributed by atoms with Gasteiger partial charge in [0, 0.05) is 16.6 Å². The van der Waals surface area contributed by atoms with Crippen molar-refractivity contribution in [3.63, 3.8) is 0 Å². The minimum Gasteiger partial charge on any atom is -0.419 e. The number of aliphatic hydroxyl groups is 1. The van der Waals surface area contributed by atoms with E-state index in [-0.39, 0.29) is 12.1 Å². The fraction of sp³-hybridized carbons (Fsp3) is 0.500. The van der Waals surface area contributed by atoms with Crippen molar-refractivity contribution >= 4 is 11.6 Å². The van der Waals surface area contributed by atoms with Crippen LogP contribution in [-0.4, -0.2) is 38.9 Å². The number of piperidine rings is 1. The molecule has 1 aromatic carbocycles. The molecule has 0 radical (unpaired) electrons. The number of benzene rings is 1. The van der Waals surface area contributed by atoms with E-state index in [1.54, 1.807) is 6.07 Å². The number of aliphatic hydroxyl groups excluding tert-OH is 1. The van der Waals surface area contributed by atoms with Crippen molar-refractivity contribution in [3.05, 3.63) is 35.2 Å². The average Bonchev–Trinajstić information content (AvgIpc) is 2.96. The summed E-state index contributed by atoms with van der Waals surface area (Å²) in [5.41, 5.74) is 0.817. The van der Waals surface area contributed by atoms with Crippen LogP contribution in [0.25, 0.3) is 11.5 Å². The van der Waals surface area contributed by atoms with Crippen LogP contribution in [0.4, 0.5) is 0 Å². The van der Waals surface area contributed by atoms with Crippen LogP contribution in [0.2, 0.25) is 5.02 Å². The van der Waals surface area contributed by atoms with Crippen molar-refractivity contribution in [2.75, 3.05) is 6.54 Å². The lowest BCUT2D eigenvalue weighted by Crippen LogP contribution is -2.45. The lowest BCUT2D eigenvalue weighted by Gasteiger charge is -2.36. The van der Waals surface area contributed by atoms with Gasteiger partial charge >= 0.3 is 0 Å². The highest BCUT2D eigenvalue weighted by atomic mass is 35.5. The number of likely N-dealkylation sites (tertiary alicyclic amines) is 1. The van der Waals surface area contributed by atoms with E-state index in [9.17, 15) is 5.11 Å². The molecule has 1 fully saturated rings. The highest BCUT2D eigenvalue weighted by molar-refractivity contribution is 6.30. The van der Waals surface area contributed by atoms with E-state index in [0.717, 1.165) is 31.4 Å². The van der Waals surface area contributed by atoms with Crippen molar-refractivity contribution in [2.24, 2.45) is 0 Å². The lowest BCUT2D eigenvalue weighted by molar-refractivity contribution is 0.0271. The van der Waals surface area contributed by atoms with Crippen LogP contribution in [0.5, 0.6) is 0 Å². The molecule has 2 atom stereocenters. The third-order valence-corrected chi connectivity index (χ3v) is 4.33. The first kappa shape index (κ1) is 15.5. The fourth-order valence-electron chi connectivity index (χ4n) is 2.99. The summed E-state index contributed by atoms with van der Waals surface area (Å²) < 4.78 is 5.75. The Kier molecular flexibility index (Phi) is 4.76. The molecule has 2 unspecified atom stereocenters. The molecule has 22 heavy (non-hydrogen) atoms. The molecule has 0 aliphatic carbocycles. The van der Waals surface area contributed by atoms with Crippen LogP contribution < -0.4 is 0 Å². The first-order valence-electron chi connectivity index (χ1n) is 7.64. The topological polar surface area (TPSA) is 62.4 Å². The standard InChI is InChI=1S/C16H20ClN3O2/c1-11(21)14-7-2-3-8-20(14)10-15-18-19-16(22-15)12-5-4-6-13(17)9-12/h4-6,9,11,14,21H,2-3,7-8,10H2,1H3. The number of halogens is 1. The minimum atomic E-state index is -0.351. The molecule has 3 rings (SSSR count). The number of nitrogens with zero attached hydrogens (tertiary/aromatic N) is 3. The van der Waals surface area contributed by atoms with Crippen molar-refractivity contribution in [2.45, 2.75) is 44.9 Å². The molecule has 2 aromatic rings. The largest absolute Gasteiger partial charge is 0.419 e. The number of aromatic nitrogens is 2. The molecule has 1 aliphatic rings. The van der Waals surface area contributed by atoms with Gasteiger partial charge in [0.2, 0.25) is 11.8 Å². The van der Waals surface area contributed by atoms with Crippen LogP contribution in [0, 0.1) is 0 Å². The van der Waals surface area contributed by atoms with Crippen molar-refractivity contribution in [3.8, 4) is 11.5 Å². The quantitative estimate of drug-likeness (QED) is 0.937. The Balaban J connectivity index is 1.73. The van der Waals surface area contributed by atoms with E-state index in [1.807, 2.05) is 25.1 Å². The maximum atomic E-state index is 9.92. The SMILES string of the molecule is CC(O)C1CCCCN1Cc1nnc(-c2cccc(Cl)c2)o1. The molecule has 0 bridgehead atoms. The van der Waals surface area contributed by atoms with Crippen molar-refractivity contribution in [1.82, 2.24) is 15.1 Å². The maximum absolute atomic E-state index is 9.92. The number of hydrogen-bond donors (Lipinski definition) is 1. The van der Waals surface area contributed by atoms with E-state index in [2.05, 4.69) is 15.1 Å². The molecule has 6 heteroatoms. The summed E-state index contributed by atoms with van der Waals surface area (Å²) in [6.07, 6.45) is 2.95. The molecule has 0 spiro atoms. The van der Waals surface area contributed by atoms with Crippen molar-refractivity contribution < 1.29 is 9.52 Å². The van der Waals surface area contributed by atoms with Gasteiger partial charge in [0.1, 0.15) is 0 Å². The van der Waals surface area contributed by atoms with E-state index >= 15 is 0 Å². The number of rotatable bonds is 4. The summed E-state index contributed by atoms with van der Waals surface area (Å²) in [5.74, 6) is 1.05. The van der Waals surface area contributed by atoms with Gasteiger partial charge in [-0.3, -0.25) is 4.90 Å². The van der Waals surface area contributed by atoms with Gasteiger partial charge in [-0.15, -0.1) is 10.2 Å². The van der Waals surface area contributed by atoms with E-state index < -0.39 is 0 Å². The van der Waals surface area contributed by atoms with Crippen LogP contribution in [-0.2, 0) is 6.54 Å². The smallest absolute Gasteiger partial charge is 0.247 e. The summed E-state index contributed by atoms with van der Waals surface area (Å²) in [7, 11) is 0. The summed E-state index contributed by atoms with van der Waals surface area (Å²) in [4.78, 5) is 2.23. The van der Waals surface area contributed by atoms with Crippen LogP contribution in [0.15, 0.2) is 28.7 Å². The van der Waals surface area contributed by atoms with Gasteiger partial charge in [0.05, 0.1) is 12.6 Å². The number of hydrogen-bond acceptors (Lipinski definition) is 5. The molecule has 5 nitrogen and oxygen atoms in total. The molecule has 1 N–H and O–H groups in total. The fourth-order valence-corrected chi connectivity index (χ4v) is 3.18. The summed E-state index contributed by atoms with van der Waals surface area (Å²) in [5, 5.41) is 18.8. The third-order valence-electron chi connectivity index (χ3n) is 4.10. The Morgan fingerprint density at radius 1 is 1.41 bits per heavy atom. The van der Waals surface area contributed by atoms with Crippen LogP contribution in [0.1, 0.15) is 32.1 Å². The predicted molar refractivity (Wildman–Crippen MR) is 84.5 cm³/mol. The highest BCUT2D eigenvalue weighted by Gasteiger charge is 2.27. The van der Waals surface area contributed by atoms with Gasteiger partial charge in [0.25, 0.3) is 0 Å². The van der Waals surface area contributed by atoms with Gasteiger partial charge in [-0.25, -0.2) is 0 Å². The molecule has 2 heterocycles. The Hall–Kier alpha value is -1.43. The highest BCUT2D eigenvalue weighted by Crippen LogP contribution is 2.24. The normalized spacial score (nSPS) is 21.0. The Morgan fingerprint density at radius 3 is 3.05 bits per heavy atom. The van der Waals surface area contributed by atoms with E-state index in [1.165, 1.54) is 0 Å². The first-order valence-corrected chi connectivity index (χ1v) is 8.02. The summed E-state index contributed by atoms with van der Waals surface area (Å²) in [6.45, 7) is 3.36. The Bertz CT molecular complexity index is 629. The second kappa shape index (κ2) is 6.77. The van der Waals surface area contributed by atoms with Gasteiger partial charge in [-0.2, -0.15) is 0 Å². The predicted octanol–water partition coefficient (Wildman–Crippen LogP) is 3.13. The van der Waals surface area contributed by atoms with Gasteiger partial charge in [-0.05, 0) is 44.5 Å². The maximum Gasteiger partial charge on any atom is 0.247 e. The first-order chi connectivity index (χ1) is 10.6. The summed E-state index contributed by atoms with van der Waals surface area (Å²) >= 11 is 5.99.